The Morgan fingerprint density at radius 1 is 1.27 bits per heavy atom. The molecule has 0 spiro atoms. The van der Waals surface area contributed by atoms with Crippen LogP contribution in [0.4, 0.5) is 5.69 Å². The number of carboxylic acid groups (broad SMARTS) is 1. The molecule has 4 N–H and O–H groups in total. The molecule has 0 aliphatic rings. The van der Waals surface area contributed by atoms with E-state index in [1.54, 1.807) is 31.4 Å². The van der Waals surface area contributed by atoms with E-state index in [1.165, 1.54) is 6.07 Å². The first kappa shape index (κ1) is 16.0. The number of nitrogens with two attached hydrogens (primary N) is 1. The smallest absolute Gasteiger partial charge is 0.317 e. The molecule has 0 bridgehead atoms. The lowest BCUT2D eigenvalue weighted by molar-refractivity contribution is -0.136. The zero-order chi connectivity index (χ0) is 16.1. The van der Waals surface area contributed by atoms with Crippen molar-refractivity contribution in [1.29, 1.82) is 0 Å². The van der Waals surface area contributed by atoms with Crippen molar-refractivity contribution in [1.82, 2.24) is 0 Å². The van der Waals surface area contributed by atoms with Crippen molar-refractivity contribution in [2.45, 2.75) is 16.6 Å². The lowest BCUT2D eigenvalue weighted by Gasteiger charge is -2.14. The number of hydrogen-bond acceptors (Lipinski definition) is 5. The molecule has 5 nitrogen and oxygen atoms in total. The molecule has 1 atom stereocenters. The number of aliphatic carboxylic acids is 1. The van der Waals surface area contributed by atoms with E-state index in [0.717, 1.165) is 23.1 Å². The predicted octanol–water partition coefficient (Wildman–Crippen LogP) is 2.77. The SMILES string of the molecule is COc1ccc(CC(Sc2cccc(O)c2N)C(=O)O)cc1. The second kappa shape index (κ2) is 7.09. The Morgan fingerprint density at radius 3 is 2.55 bits per heavy atom. The average Bonchev–Trinajstić information content (AvgIpc) is 2.51. The van der Waals surface area contributed by atoms with Gasteiger partial charge in [0.15, 0.2) is 0 Å². The lowest BCUT2D eigenvalue weighted by Crippen LogP contribution is -2.19. The molecule has 0 aliphatic carbocycles. The van der Waals surface area contributed by atoms with Crippen LogP contribution in [0, 0.1) is 0 Å². The van der Waals surface area contributed by atoms with Crippen molar-refractivity contribution in [2.75, 3.05) is 12.8 Å². The van der Waals surface area contributed by atoms with Crippen molar-refractivity contribution in [3.63, 3.8) is 0 Å². The van der Waals surface area contributed by atoms with Crippen LogP contribution in [-0.4, -0.2) is 28.5 Å². The molecule has 0 saturated carbocycles. The van der Waals surface area contributed by atoms with E-state index in [4.69, 9.17) is 10.5 Å². The summed E-state index contributed by atoms with van der Waals surface area (Å²) in [6, 6.07) is 12.1. The van der Waals surface area contributed by atoms with E-state index in [-0.39, 0.29) is 11.4 Å². The molecule has 116 valence electrons. The summed E-state index contributed by atoms with van der Waals surface area (Å²) in [5, 5.41) is 18.3. The van der Waals surface area contributed by atoms with Gasteiger partial charge in [0.1, 0.15) is 16.7 Å². The van der Waals surface area contributed by atoms with Crippen LogP contribution in [-0.2, 0) is 11.2 Å². The Morgan fingerprint density at radius 2 is 1.95 bits per heavy atom. The van der Waals surface area contributed by atoms with E-state index in [0.29, 0.717) is 11.3 Å². The van der Waals surface area contributed by atoms with Gasteiger partial charge in [-0.3, -0.25) is 4.79 Å². The van der Waals surface area contributed by atoms with Gasteiger partial charge in [0.2, 0.25) is 0 Å². The van der Waals surface area contributed by atoms with Crippen LogP contribution < -0.4 is 10.5 Å². The molecule has 2 rings (SSSR count). The molecule has 0 radical (unpaired) electrons. The van der Waals surface area contributed by atoms with Gasteiger partial charge in [-0.1, -0.05) is 18.2 Å². The number of aromatic hydroxyl groups is 1. The van der Waals surface area contributed by atoms with Crippen molar-refractivity contribution in [2.24, 2.45) is 0 Å². The van der Waals surface area contributed by atoms with Crippen molar-refractivity contribution >= 4 is 23.4 Å². The fraction of sp³-hybridized carbons (Fsp3) is 0.188. The van der Waals surface area contributed by atoms with Gasteiger partial charge in [-0.2, -0.15) is 0 Å². The monoisotopic (exact) mass is 319 g/mol. The number of thioether (sulfide) groups is 1. The Kier molecular flexibility index (Phi) is 5.16. The van der Waals surface area contributed by atoms with Crippen molar-refractivity contribution < 1.29 is 19.7 Å². The highest BCUT2D eigenvalue weighted by molar-refractivity contribution is 8.00. The summed E-state index contributed by atoms with van der Waals surface area (Å²) in [5.74, 6) is -0.248. The normalized spacial score (nSPS) is 11.9. The van der Waals surface area contributed by atoms with E-state index < -0.39 is 11.2 Å². The maximum Gasteiger partial charge on any atom is 0.317 e. The second-order valence-corrected chi connectivity index (χ2v) is 5.93. The highest BCUT2D eigenvalue weighted by Crippen LogP contribution is 2.35. The first-order valence-corrected chi connectivity index (χ1v) is 7.49. The number of rotatable bonds is 6. The number of carbonyl (C=O) groups is 1. The predicted molar refractivity (Wildman–Crippen MR) is 86.5 cm³/mol. The van der Waals surface area contributed by atoms with Gasteiger partial charge < -0.3 is 20.7 Å². The zero-order valence-electron chi connectivity index (χ0n) is 12.0. The first-order valence-electron chi connectivity index (χ1n) is 6.61. The number of para-hydroxylation sites is 1. The second-order valence-electron chi connectivity index (χ2n) is 4.69. The average molecular weight is 319 g/mol. The van der Waals surface area contributed by atoms with Crippen LogP contribution in [0.15, 0.2) is 47.4 Å². The van der Waals surface area contributed by atoms with Gasteiger partial charge in [0.05, 0.1) is 12.8 Å². The Balaban J connectivity index is 2.16. The number of anilines is 1. The molecule has 0 aromatic heterocycles. The molecule has 0 heterocycles. The molecule has 0 amide bonds. The summed E-state index contributed by atoms with van der Waals surface area (Å²) in [6.07, 6.45) is 0.346. The molecule has 6 heteroatoms. The standard InChI is InChI=1S/C16H17NO4S/c1-21-11-7-5-10(6-8-11)9-14(16(19)20)22-13-4-2-3-12(18)15(13)17/h2-8,14,18H,9,17H2,1H3,(H,19,20). The third-order valence-electron chi connectivity index (χ3n) is 3.17. The van der Waals surface area contributed by atoms with Crippen LogP contribution in [0.1, 0.15) is 5.56 Å². The third-order valence-corrected chi connectivity index (χ3v) is 4.43. The third kappa shape index (κ3) is 3.85. The molecule has 0 saturated heterocycles. The highest BCUT2D eigenvalue weighted by Gasteiger charge is 2.21. The van der Waals surface area contributed by atoms with Crippen molar-refractivity contribution in [3.05, 3.63) is 48.0 Å². The number of benzene rings is 2. The van der Waals surface area contributed by atoms with Crippen LogP contribution in [0.2, 0.25) is 0 Å². The van der Waals surface area contributed by atoms with Gasteiger partial charge >= 0.3 is 5.97 Å². The topological polar surface area (TPSA) is 92.8 Å². The number of hydrogen-bond donors (Lipinski definition) is 3. The van der Waals surface area contributed by atoms with Crippen LogP contribution in [0.5, 0.6) is 11.5 Å². The Hall–Kier alpha value is -2.34. The first-order chi connectivity index (χ1) is 10.5. The number of methoxy groups -OCH3 is 1. The summed E-state index contributed by atoms with van der Waals surface area (Å²) in [6.45, 7) is 0. The molecule has 0 aliphatic heterocycles. The largest absolute Gasteiger partial charge is 0.506 e. The summed E-state index contributed by atoms with van der Waals surface area (Å²) in [4.78, 5) is 12.0. The van der Waals surface area contributed by atoms with Gasteiger partial charge in [0, 0.05) is 4.90 Å². The number of ether oxygens (including phenoxy) is 1. The summed E-state index contributed by atoms with van der Waals surface area (Å²) in [5.41, 5.74) is 6.87. The molecule has 2 aromatic rings. The molecule has 22 heavy (non-hydrogen) atoms. The molecular weight excluding hydrogens is 302 g/mol. The maximum absolute atomic E-state index is 11.5. The molecule has 2 aromatic carbocycles. The Labute approximate surface area is 132 Å². The minimum absolute atomic E-state index is 0.0430. The van der Waals surface area contributed by atoms with Crippen LogP contribution in [0.25, 0.3) is 0 Å². The number of phenolic OH excluding ortho intramolecular Hbond substituents is 1. The van der Waals surface area contributed by atoms with E-state index in [2.05, 4.69) is 0 Å². The van der Waals surface area contributed by atoms with Gasteiger partial charge in [-0.05, 0) is 36.2 Å². The van der Waals surface area contributed by atoms with Crippen LogP contribution >= 0.6 is 11.8 Å². The van der Waals surface area contributed by atoms with Crippen LogP contribution in [0.3, 0.4) is 0 Å². The van der Waals surface area contributed by atoms with E-state index in [9.17, 15) is 15.0 Å². The fourth-order valence-electron chi connectivity index (χ4n) is 1.94. The lowest BCUT2D eigenvalue weighted by atomic mass is 10.1. The quantitative estimate of drug-likeness (QED) is 0.431. The van der Waals surface area contributed by atoms with E-state index in [1.807, 2.05) is 12.1 Å². The Bertz CT molecular complexity index is 658. The van der Waals surface area contributed by atoms with Gasteiger partial charge in [0.25, 0.3) is 0 Å². The molecule has 1 unspecified atom stereocenters. The maximum atomic E-state index is 11.5. The van der Waals surface area contributed by atoms with Gasteiger partial charge in [-0.25, -0.2) is 0 Å². The van der Waals surface area contributed by atoms with E-state index >= 15 is 0 Å². The minimum Gasteiger partial charge on any atom is -0.506 e. The summed E-state index contributed by atoms with van der Waals surface area (Å²) < 4.78 is 5.08. The number of carboxylic acids is 1. The number of phenols is 1. The molecular formula is C16H17NO4S. The van der Waals surface area contributed by atoms with Gasteiger partial charge in [-0.15, -0.1) is 11.8 Å². The summed E-state index contributed by atoms with van der Waals surface area (Å²) >= 11 is 1.13. The minimum atomic E-state index is -0.927. The molecule has 0 fully saturated rings. The summed E-state index contributed by atoms with van der Waals surface area (Å²) in [7, 11) is 1.58. The van der Waals surface area contributed by atoms with Crippen molar-refractivity contribution in [3.8, 4) is 11.5 Å². The zero-order valence-corrected chi connectivity index (χ0v) is 12.8. The highest BCUT2D eigenvalue weighted by atomic mass is 32.2. The number of nitrogen functional groups attached to an aromatic ring is 1. The fourth-order valence-corrected chi connectivity index (χ4v) is 3.02.